The number of carbonyl (C=O) groups is 1. The van der Waals surface area contributed by atoms with Crippen molar-refractivity contribution >= 4 is 23.4 Å². The van der Waals surface area contributed by atoms with E-state index in [1.165, 1.54) is 24.8 Å². The van der Waals surface area contributed by atoms with Gasteiger partial charge in [-0.3, -0.25) is 4.79 Å². The molecule has 110 valence electrons. The van der Waals surface area contributed by atoms with Gasteiger partial charge in [0.2, 0.25) is 5.91 Å². The van der Waals surface area contributed by atoms with E-state index >= 15 is 0 Å². The lowest BCUT2D eigenvalue weighted by molar-refractivity contribution is -0.114. The molecule has 0 aliphatic heterocycles. The minimum Gasteiger partial charge on any atom is -0.389 e. The van der Waals surface area contributed by atoms with Crippen LogP contribution in [0.4, 0.5) is 10.1 Å². The zero-order valence-electron chi connectivity index (χ0n) is 11.8. The van der Waals surface area contributed by atoms with Crippen LogP contribution in [0.1, 0.15) is 25.5 Å². The average molecular weight is 305 g/mol. The predicted octanol–water partition coefficient (Wildman–Crippen LogP) is 3.99. The van der Waals surface area contributed by atoms with Gasteiger partial charge in [0.05, 0.1) is 11.0 Å². The Morgan fingerprint density at radius 3 is 2.48 bits per heavy atom. The van der Waals surface area contributed by atoms with Crippen LogP contribution < -0.4 is 5.32 Å². The molecule has 0 spiro atoms. The predicted molar refractivity (Wildman–Crippen MR) is 81.9 cm³/mol. The van der Waals surface area contributed by atoms with Crippen molar-refractivity contribution in [1.82, 2.24) is 0 Å². The van der Waals surface area contributed by atoms with Crippen molar-refractivity contribution in [2.75, 3.05) is 5.32 Å². The van der Waals surface area contributed by atoms with Gasteiger partial charge in [0, 0.05) is 17.5 Å². The van der Waals surface area contributed by atoms with Crippen LogP contribution in [0.2, 0.25) is 0 Å². The minimum atomic E-state index is -0.734. The summed E-state index contributed by atoms with van der Waals surface area (Å²) in [6.45, 7) is 3.05. The molecular formula is C16H16FNO2S. The van der Waals surface area contributed by atoms with Gasteiger partial charge in [-0.1, -0.05) is 23.9 Å². The van der Waals surface area contributed by atoms with Crippen LogP contribution in [0.3, 0.4) is 0 Å². The molecule has 0 aromatic heterocycles. The van der Waals surface area contributed by atoms with Crippen molar-refractivity contribution in [1.29, 1.82) is 0 Å². The van der Waals surface area contributed by atoms with Gasteiger partial charge in [-0.05, 0) is 42.8 Å². The van der Waals surface area contributed by atoms with E-state index in [9.17, 15) is 14.3 Å². The fraction of sp³-hybridized carbons (Fsp3) is 0.188. The maximum atomic E-state index is 14.0. The summed E-state index contributed by atoms with van der Waals surface area (Å²) in [6, 6.07) is 11.8. The molecule has 0 aliphatic carbocycles. The molecule has 0 bridgehead atoms. The van der Waals surface area contributed by atoms with Gasteiger partial charge in [0.25, 0.3) is 0 Å². The molecule has 2 aromatic carbocycles. The molecule has 0 fully saturated rings. The van der Waals surface area contributed by atoms with E-state index in [0.717, 1.165) is 4.90 Å². The Morgan fingerprint density at radius 2 is 1.90 bits per heavy atom. The largest absolute Gasteiger partial charge is 0.389 e. The number of nitrogens with one attached hydrogen (secondary N) is 1. The Bertz CT molecular complexity index is 641. The lowest BCUT2D eigenvalue weighted by atomic mass is 10.1. The lowest BCUT2D eigenvalue weighted by Crippen LogP contribution is -2.05. The van der Waals surface area contributed by atoms with E-state index < -0.39 is 6.10 Å². The van der Waals surface area contributed by atoms with Crippen molar-refractivity contribution in [2.45, 2.75) is 29.7 Å². The molecule has 2 N–H and O–H groups in total. The van der Waals surface area contributed by atoms with Crippen LogP contribution in [0.5, 0.6) is 0 Å². The van der Waals surface area contributed by atoms with Gasteiger partial charge < -0.3 is 10.4 Å². The summed E-state index contributed by atoms with van der Waals surface area (Å²) in [6.07, 6.45) is -0.734. The summed E-state index contributed by atoms with van der Waals surface area (Å²) in [5.74, 6) is -0.495. The van der Waals surface area contributed by atoms with Gasteiger partial charge in [-0.25, -0.2) is 4.39 Å². The Balaban J connectivity index is 2.24. The second kappa shape index (κ2) is 6.74. The normalized spacial score (nSPS) is 12.0. The van der Waals surface area contributed by atoms with Gasteiger partial charge in [0.15, 0.2) is 0 Å². The molecule has 21 heavy (non-hydrogen) atoms. The average Bonchev–Trinajstić information content (AvgIpc) is 2.42. The first-order chi connectivity index (χ1) is 9.97. The molecule has 0 saturated carbocycles. The lowest BCUT2D eigenvalue weighted by Gasteiger charge is -2.12. The molecular weight excluding hydrogens is 289 g/mol. The second-order valence-corrected chi connectivity index (χ2v) is 5.73. The van der Waals surface area contributed by atoms with Gasteiger partial charge in [0.1, 0.15) is 5.82 Å². The number of amides is 1. The smallest absolute Gasteiger partial charge is 0.221 e. The molecule has 0 unspecified atom stereocenters. The molecule has 0 heterocycles. The number of carbonyl (C=O) groups excluding carboxylic acids is 1. The number of aliphatic hydroxyl groups excluding tert-OH is 1. The van der Waals surface area contributed by atoms with Crippen LogP contribution in [-0.4, -0.2) is 11.0 Å². The number of hydrogen-bond acceptors (Lipinski definition) is 3. The van der Waals surface area contributed by atoms with Crippen LogP contribution in [0.15, 0.2) is 52.3 Å². The van der Waals surface area contributed by atoms with Crippen molar-refractivity contribution in [3.8, 4) is 0 Å². The number of anilines is 1. The first-order valence-electron chi connectivity index (χ1n) is 6.49. The van der Waals surface area contributed by atoms with Crippen LogP contribution in [0.25, 0.3) is 0 Å². The summed E-state index contributed by atoms with van der Waals surface area (Å²) in [5, 5.41) is 12.4. The Labute approximate surface area is 127 Å². The Kier molecular flexibility index (Phi) is 4.98. The quantitative estimate of drug-likeness (QED) is 0.898. The number of hydrogen-bond donors (Lipinski definition) is 2. The van der Waals surface area contributed by atoms with Gasteiger partial charge in [-0.15, -0.1) is 0 Å². The molecule has 3 nitrogen and oxygen atoms in total. The summed E-state index contributed by atoms with van der Waals surface area (Å²) >= 11 is 1.25. The fourth-order valence-corrected chi connectivity index (χ4v) is 2.92. The third-order valence-corrected chi connectivity index (χ3v) is 3.98. The van der Waals surface area contributed by atoms with E-state index in [2.05, 4.69) is 5.32 Å². The first kappa shape index (κ1) is 15.5. The number of aliphatic hydroxyl groups is 1. The van der Waals surface area contributed by atoms with Crippen molar-refractivity contribution < 1.29 is 14.3 Å². The van der Waals surface area contributed by atoms with Crippen molar-refractivity contribution in [3.63, 3.8) is 0 Å². The maximum Gasteiger partial charge on any atom is 0.221 e. The fourth-order valence-electron chi connectivity index (χ4n) is 1.89. The third kappa shape index (κ3) is 4.06. The van der Waals surface area contributed by atoms with E-state index in [4.69, 9.17) is 0 Å². The summed E-state index contributed by atoms with van der Waals surface area (Å²) in [5.41, 5.74) is 1.25. The highest BCUT2D eigenvalue weighted by Crippen LogP contribution is 2.35. The summed E-state index contributed by atoms with van der Waals surface area (Å²) < 4.78 is 14.0. The zero-order valence-corrected chi connectivity index (χ0v) is 12.6. The maximum absolute atomic E-state index is 14.0. The van der Waals surface area contributed by atoms with E-state index in [1.807, 2.05) is 0 Å². The van der Waals surface area contributed by atoms with Crippen molar-refractivity contribution in [3.05, 3.63) is 53.8 Å². The molecule has 5 heteroatoms. The molecule has 0 aliphatic rings. The standard InChI is InChI=1S/C16H16FNO2S/c1-10(19)14-4-3-5-15(17)16(14)21-13-8-6-12(7-9-13)18-11(2)20/h3-10,19H,1-2H3,(H,18,20)/t10-/m0/s1. The molecule has 0 radical (unpaired) electrons. The summed E-state index contributed by atoms with van der Waals surface area (Å²) in [4.78, 5) is 12.2. The zero-order chi connectivity index (χ0) is 15.4. The Hall–Kier alpha value is -1.85. The molecule has 1 atom stereocenters. The molecule has 1 amide bonds. The highest BCUT2D eigenvalue weighted by molar-refractivity contribution is 7.99. The van der Waals surface area contributed by atoms with E-state index in [1.54, 1.807) is 43.3 Å². The first-order valence-corrected chi connectivity index (χ1v) is 7.31. The van der Waals surface area contributed by atoms with Crippen LogP contribution in [-0.2, 0) is 4.79 Å². The number of benzene rings is 2. The molecule has 2 rings (SSSR count). The van der Waals surface area contributed by atoms with Gasteiger partial charge in [-0.2, -0.15) is 0 Å². The highest BCUT2D eigenvalue weighted by Gasteiger charge is 2.13. The molecule has 0 saturated heterocycles. The summed E-state index contributed by atoms with van der Waals surface area (Å²) in [7, 11) is 0. The monoisotopic (exact) mass is 305 g/mol. The van der Waals surface area contributed by atoms with E-state index in [0.29, 0.717) is 16.1 Å². The van der Waals surface area contributed by atoms with Crippen molar-refractivity contribution in [2.24, 2.45) is 0 Å². The van der Waals surface area contributed by atoms with Crippen LogP contribution in [0, 0.1) is 5.82 Å². The number of rotatable bonds is 4. The van der Waals surface area contributed by atoms with E-state index in [-0.39, 0.29) is 11.7 Å². The highest BCUT2D eigenvalue weighted by atomic mass is 32.2. The molecule has 2 aromatic rings. The van der Waals surface area contributed by atoms with Crippen LogP contribution >= 0.6 is 11.8 Å². The second-order valence-electron chi connectivity index (χ2n) is 4.64. The number of halogens is 1. The minimum absolute atomic E-state index is 0.138. The van der Waals surface area contributed by atoms with Gasteiger partial charge >= 0.3 is 0 Å². The Morgan fingerprint density at radius 1 is 1.24 bits per heavy atom. The SMILES string of the molecule is CC(=O)Nc1ccc(Sc2c(F)cccc2[C@H](C)O)cc1. The topological polar surface area (TPSA) is 49.3 Å². The third-order valence-electron chi connectivity index (χ3n) is 2.84.